The van der Waals surface area contributed by atoms with Crippen molar-refractivity contribution in [2.75, 3.05) is 0 Å². The SMILES string of the molecule is CC(C)Cn1ncnc1CC(=O)CCC(C)(C)N. The monoisotopic (exact) mass is 252 g/mol. The standard InChI is InChI=1S/C13H24N4O/c1-10(2)8-17-12(15-9-16-17)7-11(18)5-6-13(3,4)14/h9-10H,5-8,14H2,1-4H3. The van der Waals surface area contributed by atoms with Crippen LogP contribution in [0.25, 0.3) is 0 Å². The Labute approximate surface area is 109 Å². The number of ketones is 1. The van der Waals surface area contributed by atoms with Crippen molar-refractivity contribution in [1.82, 2.24) is 14.8 Å². The van der Waals surface area contributed by atoms with Crippen LogP contribution in [0.5, 0.6) is 0 Å². The Morgan fingerprint density at radius 3 is 2.72 bits per heavy atom. The van der Waals surface area contributed by atoms with Crippen molar-refractivity contribution in [3.8, 4) is 0 Å². The van der Waals surface area contributed by atoms with Crippen LogP contribution in [-0.4, -0.2) is 26.1 Å². The highest BCUT2D eigenvalue weighted by Gasteiger charge is 2.15. The molecule has 0 amide bonds. The molecule has 0 spiro atoms. The Bertz CT molecular complexity index is 390. The number of nitrogens with zero attached hydrogens (tertiary/aromatic N) is 3. The Balaban J connectivity index is 2.52. The van der Waals surface area contributed by atoms with Gasteiger partial charge >= 0.3 is 0 Å². The molecule has 0 radical (unpaired) electrons. The molecule has 0 aliphatic carbocycles. The highest BCUT2D eigenvalue weighted by atomic mass is 16.1. The molecule has 0 bridgehead atoms. The number of hydrogen-bond acceptors (Lipinski definition) is 4. The summed E-state index contributed by atoms with van der Waals surface area (Å²) >= 11 is 0. The van der Waals surface area contributed by atoms with Gasteiger partial charge in [-0.25, -0.2) is 9.67 Å². The van der Waals surface area contributed by atoms with Gasteiger partial charge in [0, 0.05) is 18.5 Å². The van der Waals surface area contributed by atoms with Gasteiger partial charge in [0.2, 0.25) is 0 Å². The summed E-state index contributed by atoms with van der Waals surface area (Å²) in [5.41, 5.74) is 5.58. The van der Waals surface area contributed by atoms with Gasteiger partial charge < -0.3 is 5.73 Å². The van der Waals surface area contributed by atoms with Gasteiger partial charge in [-0.3, -0.25) is 4.79 Å². The first-order valence-corrected chi connectivity index (χ1v) is 6.45. The van der Waals surface area contributed by atoms with Gasteiger partial charge in [-0.2, -0.15) is 5.10 Å². The van der Waals surface area contributed by atoms with Crippen LogP contribution >= 0.6 is 0 Å². The molecule has 18 heavy (non-hydrogen) atoms. The van der Waals surface area contributed by atoms with Crippen LogP contribution in [0.15, 0.2) is 6.33 Å². The van der Waals surface area contributed by atoms with E-state index in [-0.39, 0.29) is 11.3 Å². The summed E-state index contributed by atoms with van der Waals surface area (Å²) < 4.78 is 1.82. The number of carbonyl (C=O) groups excluding carboxylic acids is 1. The van der Waals surface area contributed by atoms with Crippen LogP contribution in [0, 0.1) is 5.92 Å². The van der Waals surface area contributed by atoms with E-state index >= 15 is 0 Å². The van der Waals surface area contributed by atoms with Crippen molar-refractivity contribution < 1.29 is 4.79 Å². The maximum absolute atomic E-state index is 11.9. The number of Topliss-reactive ketones (excluding diaryl/α,β-unsaturated/α-hetero) is 1. The molecule has 1 rings (SSSR count). The molecule has 5 heteroatoms. The van der Waals surface area contributed by atoms with Gasteiger partial charge in [-0.1, -0.05) is 13.8 Å². The molecule has 2 N–H and O–H groups in total. The lowest BCUT2D eigenvalue weighted by atomic mass is 9.97. The lowest BCUT2D eigenvalue weighted by molar-refractivity contribution is -0.118. The highest BCUT2D eigenvalue weighted by molar-refractivity contribution is 5.80. The van der Waals surface area contributed by atoms with Crippen molar-refractivity contribution in [2.45, 2.75) is 59.0 Å². The van der Waals surface area contributed by atoms with E-state index in [2.05, 4.69) is 23.9 Å². The number of rotatable bonds is 7. The zero-order chi connectivity index (χ0) is 13.8. The van der Waals surface area contributed by atoms with Crippen LogP contribution in [0.3, 0.4) is 0 Å². The number of hydrogen-bond donors (Lipinski definition) is 1. The topological polar surface area (TPSA) is 73.8 Å². The summed E-state index contributed by atoms with van der Waals surface area (Å²) in [6.07, 6.45) is 3.06. The molecular weight excluding hydrogens is 228 g/mol. The van der Waals surface area contributed by atoms with E-state index in [9.17, 15) is 4.79 Å². The third kappa shape index (κ3) is 5.40. The predicted molar refractivity (Wildman–Crippen MR) is 71.1 cm³/mol. The van der Waals surface area contributed by atoms with Crippen LogP contribution in [0.1, 0.15) is 46.4 Å². The van der Waals surface area contributed by atoms with Gasteiger partial charge in [0.15, 0.2) is 0 Å². The third-order valence-electron chi connectivity index (χ3n) is 2.64. The molecule has 0 fully saturated rings. The Kier molecular flexibility index (Phi) is 5.02. The molecule has 0 aromatic carbocycles. The van der Waals surface area contributed by atoms with Crippen molar-refractivity contribution >= 4 is 5.78 Å². The summed E-state index contributed by atoms with van der Waals surface area (Å²) in [7, 11) is 0. The van der Waals surface area contributed by atoms with Crippen molar-refractivity contribution in [2.24, 2.45) is 11.7 Å². The molecule has 0 atom stereocenters. The Hall–Kier alpha value is -1.23. The van der Waals surface area contributed by atoms with E-state index in [0.29, 0.717) is 25.2 Å². The van der Waals surface area contributed by atoms with Gasteiger partial charge in [-0.05, 0) is 26.2 Å². The number of aromatic nitrogens is 3. The highest BCUT2D eigenvalue weighted by Crippen LogP contribution is 2.10. The largest absolute Gasteiger partial charge is 0.326 e. The third-order valence-corrected chi connectivity index (χ3v) is 2.64. The Morgan fingerprint density at radius 2 is 2.17 bits per heavy atom. The second-order valence-corrected chi connectivity index (χ2v) is 5.96. The minimum Gasteiger partial charge on any atom is -0.326 e. The minimum atomic E-state index is -0.290. The molecular formula is C13H24N4O. The molecule has 0 aliphatic rings. The predicted octanol–water partition coefficient (Wildman–Crippen LogP) is 1.56. The summed E-state index contributed by atoms with van der Waals surface area (Å²) in [6, 6.07) is 0. The second-order valence-electron chi connectivity index (χ2n) is 5.96. The fourth-order valence-electron chi connectivity index (χ4n) is 1.65. The average molecular weight is 252 g/mol. The quantitative estimate of drug-likeness (QED) is 0.799. The van der Waals surface area contributed by atoms with Gasteiger partial charge in [0.1, 0.15) is 17.9 Å². The van der Waals surface area contributed by atoms with Crippen molar-refractivity contribution in [1.29, 1.82) is 0 Å². The van der Waals surface area contributed by atoms with Crippen LogP contribution in [-0.2, 0) is 17.8 Å². The molecule has 1 aromatic rings. The van der Waals surface area contributed by atoms with Crippen LogP contribution < -0.4 is 5.73 Å². The van der Waals surface area contributed by atoms with Gasteiger partial charge in [-0.15, -0.1) is 0 Å². The molecule has 102 valence electrons. The number of carbonyl (C=O) groups is 1. The molecule has 1 heterocycles. The average Bonchev–Trinajstić information content (AvgIpc) is 2.61. The maximum Gasteiger partial charge on any atom is 0.140 e. The van der Waals surface area contributed by atoms with Crippen molar-refractivity contribution in [3.05, 3.63) is 12.2 Å². The summed E-state index contributed by atoms with van der Waals surface area (Å²) in [6.45, 7) is 8.89. The summed E-state index contributed by atoms with van der Waals surface area (Å²) in [5, 5.41) is 4.15. The van der Waals surface area contributed by atoms with E-state index in [1.54, 1.807) is 0 Å². The molecule has 0 saturated heterocycles. The first-order valence-electron chi connectivity index (χ1n) is 6.45. The van der Waals surface area contributed by atoms with E-state index in [1.807, 2.05) is 18.5 Å². The molecule has 1 aromatic heterocycles. The summed E-state index contributed by atoms with van der Waals surface area (Å²) in [4.78, 5) is 16.0. The molecule has 0 saturated carbocycles. The smallest absolute Gasteiger partial charge is 0.140 e. The lowest BCUT2D eigenvalue weighted by Crippen LogP contribution is -2.32. The van der Waals surface area contributed by atoms with Crippen LogP contribution in [0.2, 0.25) is 0 Å². The van der Waals surface area contributed by atoms with E-state index in [1.165, 1.54) is 6.33 Å². The van der Waals surface area contributed by atoms with Gasteiger partial charge in [0.05, 0.1) is 6.42 Å². The fraction of sp³-hybridized carbons (Fsp3) is 0.769. The van der Waals surface area contributed by atoms with E-state index < -0.39 is 0 Å². The number of nitrogens with two attached hydrogens (primary N) is 1. The fourth-order valence-corrected chi connectivity index (χ4v) is 1.65. The molecule has 0 aliphatic heterocycles. The Morgan fingerprint density at radius 1 is 1.50 bits per heavy atom. The minimum absolute atomic E-state index is 0.173. The summed E-state index contributed by atoms with van der Waals surface area (Å²) in [5.74, 6) is 1.42. The van der Waals surface area contributed by atoms with E-state index in [0.717, 1.165) is 12.4 Å². The maximum atomic E-state index is 11.9. The normalized spacial score (nSPS) is 12.1. The van der Waals surface area contributed by atoms with Gasteiger partial charge in [0.25, 0.3) is 0 Å². The molecule has 0 unspecified atom stereocenters. The zero-order valence-electron chi connectivity index (χ0n) is 11.8. The lowest BCUT2D eigenvalue weighted by Gasteiger charge is -2.17. The van der Waals surface area contributed by atoms with Crippen LogP contribution in [0.4, 0.5) is 0 Å². The zero-order valence-corrected chi connectivity index (χ0v) is 11.8. The first-order chi connectivity index (χ1) is 8.28. The van der Waals surface area contributed by atoms with Crippen molar-refractivity contribution in [3.63, 3.8) is 0 Å². The van der Waals surface area contributed by atoms with E-state index in [4.69, 9.17) is 5.73 Å². The second kappa shape index (κ2) is 6.09. The first kappa shape index (κ1) is 14.8. The molecule has 5 nitrogen and oxygen atoms in total.